The van der Waals surface area contributed by atoms with E-state index in [-0.39, 0.29) is 75.8 Å². The van der Waals surface area contributed by atoms with Crippen LogP contribution in [0.1, 0.15) is 206 Å². The van der Waals surface area contributed by atoms with E-state index in [1.165, 1.54) is 82.1 Å². The number of halogens is 3. The van der Waals surface area contributed by atoms with E-state index in [4.69, 9.17) is 35.3 Å². The summed E-state index contributed by atoms with van der Waals surface area (Å²) in [5, 5.41) is 25.0. The number of ether oxygens (including phenoxy) is 5. The van der Waals surface area contributed by atoms with E-state index in [9.17, 15) is 19.2 Å². The summed E-state index contributed by atoms with van der Waals surface area (Å²) in [7, 11) is 1.69. The highest BCUT2D eigenvalue weighted by Crippen LogP contribution is 2.59. The smallest absolute Gasteiger partial charge is 0.231 e. The molecule has 0 saturated carbocycles. The fourth-order valence-electron chi connectivity index (χ4n) is 20.8. The van der Waals surface area contributed by atoms with E-state index in [2.05, 4.69) is 278 Å². The maximum atomic E-state index is 13.6. The van der Waals surface area contributed by atoms with Crippen LogP contribution in [0.2, 0.25) is 5.02 Å². The number of methoxy groups -OCH3 is 1. The lowest BCUT2D eigenvalue weighted by molar-refractivity contribution is -0.118. The molecule has 16 heteroatoms. The SMILES string of the molecule is CC1(C)CC(=O)C2=C(C1)c1c(ccc3ccccc13)NC2c1ccc2c(c1)OCO2.CCOc1cc(C2Nc3ccc4ccccc4c3C3=C2C(=O)CC(C)(C)C3)cc(Br)c1C.CCOc1cc(C2Nc3ccc4ccccc4c3C3=C2C(=O)CC(C)(C)C3)cc(Cl)c1C.COc1cc(C2Nc3ccc4ccccc4c3C3=C2C(=O)CC(C)(C)C3)cc(Br)c1C. The van der Waals surface area contributed by atoms with E-state index in [0.29, 0.717) is 43.9 Å². The van der Waals surface area contributed by atoms with Crippen molar-refractivity contribution in [2.24, 2.45) is 21.7 Å². The molecule has 9 aliphatic rings. The Kier molecular flexibility index (Phi) is 22.3. The quantitative estimate of drug-likeness (QED) is 0.108. The first-order valence-corrected chi connectivity index (χ1v) is 45.6. The number of nitrogens with one attached hydrogen (secondary N) is 4. The molecular formula is C109H105Br2ClN4O9. The van der Waals surface area contributed by atoms with Crippen molar-refractivity contribution in [2.75, 3.05) is 48.4 Å². The Labute approximate surface area is 754 Å². The summed E-state index contributed by atoms with van der Waals surface area (Å²) < 4.78 is 30.5. The standard InChI is InChI=1S/C28H28BrNO2.C28H28ClNO2.C27H26BrNO2.C26H23NO3/c2*1-5-32-24-13-18(12-21(29)16(24)2)27-26-20(14-28(3,4)15-23(26)31)25-19-9-7-6-8-17(19)10-11-22(25)30-27;1-15-20(28)11-17(12-23(15)31-4)26-25-19(13-27(2,3)14-22(25)30)24-18-8-6-5-7-16(18)9-10-21(24)29-26;1-26(2)12-18-23-17-6-4-3-5-15(17)7-9-19(23)27-25(24(18)20(28)13-26)16-8-10-21-22(11-16)30-14-29-21/h2*6-13,27,30H,5,14-15H2,1-4H3;5-12,26,29H,13-14H2,1-4H3;3-11,25,27H,12-14H2,1-2H3. The van der Waals surface area contributed by atoms with Crippen molar-refractivity contribution >= 4 is 155 Å². The average molecular weight is 1810 g/mol. The zero-order valence-electron chi connectivity index (χ0n) is 73.4. The lowest BCUT2D eigenvalue weighted by Gasteiger charge is -2.40. The second kappa shape index (κ2) is 33.0. The highest BCUT2D eigenvalue weighted by Gasteiger charge is 2.47. The van der Waals surface area contributed by atoms with E-state index < -0.39 is 0 Å². The first-order valence-electron chi connectivity index (χ1n) is 43.7. The second-order valence-electron chi connectivity index (χ2n) is 38.0. The van der Waals surface area contributed by atoms with Crippen LogP contribution in [0.25, 0.3) is 65.4 Å². The fourth-order valence-corrected chi connectivity index (χ4v) is 21.9. The Balaban J connectivity index is 0.000000113. The first kappa shape index (κ1) is 84.6. The molecular weight excluding hydrogens is 1700 g/mol. The molecule has 5 aliphatic heterocycles. The molecule has 4 unspecified atom stereocenters. The fraction of sp³-hybridized carbons (Fsp3) is 0.303. The Hall–Kier alpha value is -11.2. The third-order valence-electron chi connectivity index (χ3n) is 26.5. The molecule has 5 heterocycles. The molecule has 0 spiro atoms. The molecule has 4 atom stereocenters. The summed E-state index contributed by atoms with van der Waals surface area (Å²) >= 11 is 14.0. The summed E-state index contributed by atoms with van der Waals surface area (Å²) in [5.74, 6) is 4.86. The zero-order valence-corrected chi connectivity index (χ0v) is 77.4. The number of carbonyl (C=O) groups is 4. The number of anilines is 4. The van der Waals surface area contributed by atoms with Crippen molar-refractivity contribution < 1.29 is 42.9 Å². The van der Waals surface area contributed by atoms with Gasteiger partial charge >= 0.3 is 0 Å². The summed E-state index contributed by atoms with van der Waals surface area (Å²) in [6, 6.07) is 68.5. The Bertz CT molecular complexity index is 6500. The molecule has 12 aromatic rings. The number of allylic oxidation sites excluding steroid dienone is 4. The molecule has 0 fully saturated rings. The van der Waals surface area contributed by atoms with Gasteiger partial charge in [-0.05, 0) is 242 Å². The van der Waals surface area contributed by atoms with E-state index >= 15 is 0 Å². The van der Waals surface area contributed by atoms with E-state index in [0.717, 1.165) is 153 Å². The molecule has 21 rings (SSSR count). The van der Waals surface area contributed by atoms with Gasteiger partial charge in [0.2, 0.25) is 6.79 Å². The third-order valence-corrected chi connectivity index (χ3v) is 28.5. The van der Waals surface area contributed by atoms with Crippen LogP contribution in [-0.2, 0) is 19.2 Å². The van der Waals surface area contributed by atoms with Gasteiger partial charge in [0.25, 0.3) is 0 Å². The Morgan fingerprint density at radius 2 is 0.664 bits per heavy atom. The minimum atomic E-state index is -0.250. The van der Waals surface area contributed by atoms with Gasteiger partial charge in [0.05, 0.1) is 44.5 Å². The molecule has 636 valence electrons. The van der Waals surface area contributed by atoms with Gasteiger partial charge in [-0.25, -0.2) is 0 Å². The van der Waals surface area contributed by atoms with Crippen LogP contribution in [0.3, 0.4) is 0 Å². The number of Topliss-reactive ketones (excluding diaryl/α,β-unsaturated/α-hetero) is 4. The molecule has 0 radical (unpaired) electrons. The first-order chi connectivity index (χ1) is 59.9. The summed E-state index contributed by atoms with van der Waals surface area (Å²) in [4.78, 5) is 54.2. The molecule has 0 amide bonds. The molecule has 0 saturated heterocycles. The van der Waals surface area contributed by atoms with Gasteiger partial charge in [-0.1, -0.05) is 226 Å². The molecule has 4 N–H and O–H groups in total. The number of carbonyl (C=O) groups excluding carboxylic acids is 4. The van der Waals surface area contributed by atoms with E-state index in [1.54, 1.807) is 7.11 Å². The van der Waals surface area contributed by atoms with Crippen molar-refractivity contribution in [3.8, 4) is 28.7 Å². The topological polar surface area (TPSA) is 163 Å². The lowest BCUT2D eigenvalue weighted by atomic mass is 9.68. The maximum Gasteiger partial charge on any atom is 0.231 e. The van der Waals surface area contributed by atoms with Crippen LogP contribution < -0.4 is 45.0 Å². The van der Waals surface area contributed by atoms with Crippen LogP contribution >= 0.6 is 43.5 Å². The van der Waals surface area contributed by atoms with E-state index in [1.807, 2.05) is 65.0 Å². The highest BCUT2D eigenvalue weighted by molar-refractivity contribution is 9.10. The molecule has 0 aromatic heterocycles. The van der Waals surface area contributed by atoms with Crippen LogP contribution in [0.4, 0.5) is 22.7 Å². The molecule has 13 nitrogen and oxygen atoms in total. The largest absolute Gasteiger partial charge is 0.496 e. The van der Waals surface area contributed by atoms with Crippen LogP contribution in [0.15, 0.2) is 231 Å². The summed E-state index contributed by atoms with van der Waals surface area (Å²) in [5.41, 5.74) is 24.2. The van der Waals surface area contributed by atoms with Crippen LogP contribution in [0, 0.1) is 42.4 Å². The van der Waals surface area contributed by atoms with Gasteiger partial charge in [-0.15, -0.1) is 0 Å². The Morgan fingerprint density at radius 1 is 0.360 bits per heavy atom. The van der Waals surface area contributed by atoms with Gasteiger partial charge < -0.3 is 45.0 Å². The molecule has 4 aliphatic carbocycles. The average Bonchev–Trinajstić information content (AvgIpc) is 1.11. The van der Waals surface area contributed by atoms with Crippen molar-refractivity contribution in [1.82, 2.24) is 0 Å². The predicted octanol–water partition coefficient (Wildman–Crippen LogP) is 28.2. The molecule has 12 aromatic carbocycles. The van der Waals surface area contributed by atoms with Gasteiger partial charge in [0, 0.05) is 124 Å². The highest BCUT2D eigenvalue weighted by atomic mass is 79.9. The van der Waals surface area contributed by atoms with Crippen LogP contribution in [0.5, 0.6) is 28.7 Å². The second-order valence-corrected chi connectivity index (χ2v) is 40.2. The monoisotopic (exact) mass is 1810 g/mol. The maximum absolute atomic E-state index is 13.6. The number of ketones is 4. The van der Waals surface area contributed by atoms with Gasteiger partial charge in [-0.2, -0.15) is 0 Å². The zero-order chi connectivity index (χ0) is 87.6. The Morgan fingerprint density at radius 3 is 1.01 bits per heavy atom. The number of rotatable bonds is 9. The van der Waals surface area contributed by atoms with Gasteiger partial charge in [0.15, 0.2) is 34.6 Å². The number of fused-ring (bicyclic) bond motifs is 17. The normalized spacial score (nSPS) is 19.9. The molecule has 0 bridgehead atoms. The van der Waals surface area contributed by atoms with Gasteiger partial charge in [-0.3, -0.25) is 19.2 Å². The number of hydrogen-bond acceptors (Lipinski definition) is 13. The van der Waals surface area contributed by atoms with Crippen molar-refractivity contribution in [1.29, 1.82) is 0 Å². The van der Waals surface area contributed by atoms with Crippen molar-refractivity contribution in [2.45, 2.75) is 166 Å². The summed E-state index contributed by atoms with van der Waals surface area (Å²) in [6.07, 6.45) is 5.76. The summed E-state index contributed by atoms with van der Waals surface area (Å²) in [6.45, 7) is 29.0. The lowest BCUT2D eigenvalue weighted by Crippen LogP contribution is -2.33. The number of benzene rings is 12. The number of hydrogen-bond donors (Lipinski definition) is 4. The minimum Gasteiger partial charge on any atom is -0.496 e. The minimum absolute atomic E-state index is 0.0547. The van der Waals surface area contributed by atoms with Gasteiger partial charge in [0.1, 0.15) is 17.2 Å². The third kappa shape index (κ3) is 15.8. The van der Waals surface area contributed by atoms with Crippen LogP contribution in [-0.4, -0.2) is 50.2 Å². The molecule has 125 heavy (non-hydrogen) atoms. The van der Waals surface area contributed by atoms with Crippen molar-refractivity contribution in [3.63, 3.8) is 0 Å². The van der Waals surface area contributed by atoms with Crippen molar-refractivity contribution in [3.05, 3.63) is 298 Å². The predicted molar refractivity (Wildman–Crippen MR) is 516 cm³/mol.